The van der Waals surface area contributed by atoms with Crippen LogP contribution in [0.3, 0.4) is 0 Å². The van der Waals surface area contributed by atoms with E-state index < -0.39 is 0 Å². The van der Waals surface area contributed by atoms with Gasteiger partial charge in [-0.15, -0.1) is 0 Å². The zero-order valence-electron chi connectivity index (χ0n) is 20.0. The van der Waals surface area contributed by atoms with E-state index in [9.17, 15) is 5.11 Å². The average molecular weight is 416 g/mol. The summed E-state index contributed by atoms with van der Waals surface area (Å²) in [6.45, 7) is 17.5. The van der Waals surface area contributed by atoms with E-state index in [2.05, 4.69) is 94.4 Å². The van der Waals surface area contributed by atoms with Gasteiger partial charge >= 0.3 is 0 Å². The highest BCUT2D eigenvalue weighted by atomic mass is 16.3. The number of likely N-dealkylation sites (N-methyl/N-ethyl adjacent to an activating group) is 1. The number of nitrogens with zero attached hydrogens (tertiary/aromatic N) is 2. The van der Waals surface area contributed by atoms with Crippen LogP contribution in [-0.4, -0.2) is 28.5 Å². The summed E-state index contributed by atoms with van der Waals surface area (Å²) < 4.78 is 2.44. The molecular weight excluding hydrogens is 380 g/mol. The molecule has 0 radical (unpaired) electrons. The van der Waals surface area contributed by atoms with Gasteiger partial charge in [-0.25, -0.2) is 0 Å². The standard InChI is InChI=1S/C28H34N2O/c1-8-29-23-15-13-19(3)17-21(23)27(4,5)25(29)11-10-12-26-28(6,7)22-18-20(31)14-16-24(22)30(26)9-2/h10-18H,8-9H2,1-7H3/p+1. The number of aromatic hydroxyl groups is 1. The third-order valence-electron chi connectivity index (χ3n) is 7.06. The highest BCUT2D eigenvalue weighted by molar-refractivity contribution is 6.03. The number of phenols is 1. The van der Waals surface area contributed by atoms with E-state index in [1.807, 2.05) is 12.1 Å². The summed E-state index contributed by atoms with van der Waals surface area (Å²) in [5.74, 6) is 0.328. The third-order valence-corrected chi connectivity index (χ3v) is 7.06. The van der Waals surface area contributed by atoms with Gasteiger partial charge in [-0.3, -0.25) is 0 Å². The van der Waals surface area contributed by atoms with Gasteiger partial charge in [0.25, 0.3) is 0 Å². The van der Waals surface area contributed by atoms with Crippen molar-refractivity contribution < 1.29 is 9.68 Å². The van der Waals surface area contributed by atoms with Crippen LogP contribution in [0.2, 0.25) is 0 Å². The Kier molecular flexibility index (Phi) is 5.12. The number of hydrogen-bond acceptors (Lipinski definition) is 2. The summed E-state index contributed by atoms with van der Waals surface area (Å²) in [5, 5.41) is 10.1. The van der Waals surface area contributed by atoms with Crippen molar-refractivity contribution in [3.63, 3.8) is 0 Å². The highest BCUT2D eigenvalue weighted by Gasteiger charge is 2.44. The van der Waals surface area contributed by atoms with Crippen molar-refractivity contribution in [2.45, 2.75) is 59.3 Å². The smallest absolute Gasteiger partial charge is 0.209 e. The topological polar surface area (TPSA) is 26.5 Å². The van der Waals surface area contributed by atoms with E-state index >= 15 is 0 Å². The van der Waals surface area contributed by atoms with Crippen molar-refractivity contribution in [2.75, 3.05) is 18.0 Å². The Labute approximate surface area is 187 Å². The molecule has 2 aromatic carbocycles. The lowest BCUT2D eigenvalue weighted by molar-refractivity contribution is -0.433. The average Bonchev–Trinajstić information content (AvgIpc) is 3.06. The van der Waals surface area contributed by atoms with E-state index in [4.69, 9.17) is 0 Å². The van der Waals surface area contributed by atoms with Crippen molar-refractivity contribution in [1.82, 2.24) is 0 Å². The second kappa shape index (κ2) is 7.40. The van der Waals surface area contributed by atoms with E-state index in [-0.39, 0.29) is 10.8 Å². The molecule has 2 heterocycles. The first-order valence-electron chi connectivity index (χ1n) is 11.4. The van der Waals surface area contributed by atoms with Gasteiger partial charge in [-0.05, 0) is 70.5 Å². The lowest BCUT2D eigenvalue weighted by atomic mass is 9.80. The van der Waals surface area contributed by atoms with Crippen molar-refractivity contribution in [3.8, 4) is 5.75 Å². The zero-order chi connectivity index (χ0) is 22.6. The molecule has 0 fully saturated rings. The second-order valence-corrected chi connectivity index (χ2v) is 9.76. The van der Waals surface area contributed by atoms with Gasteiger partial charge < -0.3 is 10.0 Å². The fourth-order valence-electron chi connectivity index (χ4n) is 5.36. The molecule has 4 rings (SSSR count). The second-order valence-electron chi connectivity index (χ2n) is 9.76. The number of fused-ring (bicyclic) bond motifs is 2. The first kappa shape index (κ1) is 21.4. The van der Waals surface area contributed by atoms with Crippen molar-refractivity contribution in [3.05, 3.63) is 77.0 Å². The predicted octanol–water partition coefficient (Wildman–Crippen LogP) is 6.35. The van der Waals surface area contributed by atoms with Gasteiger partial charge in [-0.2, -0.15) is 4.58 Å². The molecule has 31 heavy (non-hydrogen) atoms. The fourth-order valence-corrected chi connectivity index (χ4v) is 5.36. The van der Waals surface area contributed by atoms with Crippen LogP contribution in [-0.2, 0) is 10.8 Å². The molecule has 0 saturated carbocycles. The summed E-state index contributed by atoms with van der Waals surface area (Å²) >= 11 is 0. The Morgan fingerprint density at radius 2 is 1.71 bits per heavy atom. The molecule has 0 aromatic heterocycles. The number of hydrogen-bond donors (Lipinski definition) is 1. The molecular formula is C28H35N2O+. The normalized spacial score (nSPS) is 20.1. The molecule has 2 aromatic rings. The predicted molar refractivity (Wildman–Crippen MR) is 131 cm³/mol. The van der Waals surface area contributed by atoms with Crippen LogP contribution < -0.4 is 4.90 Å². The van der Waals surface area contributed by atoms with Crippen LogP contribution in [0.1, 0.15) is 58.2 Å². The maximum Gasteiger partial charge on any atom is 0.209 e. The molecule has 0 amide bonds. The van der Waals surface area contributed by atoms with Gasteiger partial charge in [0, 0.05) is 41.1 Å². The maximum absolute atomic E-state index is 10.1. The molecule has 3 heteroatoms. The minimum absolute atomic E-state index is 0.0310. The summed E-state index contributed by atoms with van der Waals surface area (Å²) in [4.78, 5) is 2.36. The lowest BCUT2D eigenvalue weighted by Crippen LogP contribution is -2.28. The monoisotopic (exact) mass is 415 g/mol. The zero-order valence-corrected chi connectivity index (χ0v) is 20.0. The molecule has 0 aliphatic carbocycles. The van der Waals surface area contributed by atoms with Crippen LogP contribution in [0.5, 0.6) is 5.75 Å². The van der Waals surface area contributed by atoms with E-state index in [1.165, 1.54) is 39.5 Å². The molecule has 0 atom stereocenters. The fraction of sp³-hybridized carbons (Fsp3) is 0.393. The minimum atomic E-state index is -0.158. The quantitative estimate of drug-likeness (QED) is 0.589. The van der Waals surface area contributed by atoms with Gasteiger partial charge in [0.1, 0.15) is 12.3 Å². The number of rotatable bonds is 4. The molecule has 0 bridgehead atoms. The summed E-state index contributed by atoms with van der Waals surface area (Å²) in [6, 6.07) is 12.5. The van der Waals surface area contributed by atoms with Gasteiger partial charge in [0.05, 0.1) is 5.41 Å². The largest absolute Gasteiger partial charge is 0.508 e. The third kappa shape index (κ3) is 3.22. The first-order valence-corrected chi connectivity index (χ1v) is 11.4. The van der Waals surface area contributed by atoms with Crippen LogP contribution in [0.15, 0.2) is 60.3 Å². The number of benzene rings is 2. The summed E-state index contributed by atoms with van der Waals surface area (Å²) in [6.07, 6.45) is 6.76. The molecule has 0 spiro atoms. The van der Waals surface area contributed by atoms with Crippen LogP contribution in [0, 0.1) is 6.92 Å². The molecule has 3 nitrogen and oxygen atoms in total. The molecule has 1 N–H and O–H groups in total. The lowest BCUT2D eigenvalue weighted by Gasteiger charge is -2.25. The Hall–Kier alpha value is -2.81. The molecule has 0 saturated heterocycles. The SMILES string of the molecule is CCN1/C(=C/C=C/C2=[N+](CC)c3ccc(C)cc3C2(C)C)C(C)(C)c2cc(O)ccc21. The van der Waals surface area contributed by atoms with Crippen molar-refractivity contribution >= 4 is 17.1 Å². The summed E-state index contributed by atoms with van der Waals surface area (Å²) in [5.41, 5.74) is 8.82. The van der Waals surface area contributed by atoms with Gasteiger partial charge in [0.15, 0.2) is 5.71 Å². The highest BCUT2D eigenvalue weighted by Crippen LogP contribution is 2.48. The van der Waals surface area contributed by atoms with Gasteiger partial charge in [0.2, 0.25) is 5.69 Å². The number of allylic oxidation sites excluding steroid dienone is 4. The number of anilines is 1. The van der Waals surface area contributed by atoms with Crippen LogP contribution >= 0.6 is 0 Å². The molecule has 2 aliphatic rings. The minimum Gasteiger partial charge on any atom is -0.508 e. The van der Waals surface area contributed by atoms with Crippen molar-refractivity contribution in [2.24, 2.45) is 0 Å². The number of phenolic OH excluding ortho intramolecular Hbond substituents is 1. The molecule has 0 unspecified atom stereocenters. The Morgan fingerprint density at radius 1 is 0.968 bits per heavy atom. The number of aryl methyl sites for hydroxylation is 1. The van der Waals surface area contributed by atoms with Crippen LogP contribution in [0.25, 0.3) is 0 Å². The Balaban J connectivity index is 1.75. The molecule has 2 aliphatic heterocycles. The maximum atomic E-state index is 10.1. The first-order chi connectivity index (χ1) is 14.6. The van der Waals surface area contributed by atoms with Crippen LogP contribution in [0.4, 0.5) is 11.4 Å². The Morgan fingerprint density at radius 3 is 2.39 bits per heavy atom. The van der Waals surface area contributed by atoms with E-state index in [0.717, 1.165) is 13.1 Å². The van der Waals surface area contributed by atoms with Crippen molar-refractivity contribution in [1.29, 1.82) is 0 Å². The van der Waals surface area contributed by atoms with Gasteiger partial charge in [-0.1, -0.05) is 31.6 Å². The Bertz CT molecular complexity index is 1130. The summed E-state index contributed by atoms with van der Waals surface area (Å²) in [7, 11) is 0. The van der Waals surface area contributed by atoms with E-state index in [1.54, 1.807) is 6.07 Å². The molecule has 162 valence electrons. The van der Waals surface area contributed by atoms with E-state index in [0.29, 0.717) is 5.75 Å².